The van der Waals surface area contributed by atoms with Crippen molar-refractivity contribution >= 4 is 45.6 Å². The fourth-order valence-corrected chi connectivity index (χ4v) is 4.18. The van der Waals surface area contributed by atoms with E-state index in [-0.39, 0.29) is 10.9 Å². The molecule has 0 saturated carbocycles. The second-order valence-electron chi connectivity index (χ2n) is 8.76. The maximum absolute atomic E-state index is 13.6. The first-order valence-electron chi connectivity index (χ1n) is 12.4. The number of anilines is 3. The molecule has 1 aromatic heterocycles. The minimum atomic E-state index is -0.506. The molecular weight excluding hydrogens is 497 g/mol. The predicted octanol–water partition coefficient (Wildman–Crippen LogP) is 5.42. The van der Waals surface area contributed by atoms with E-state index in [1.54, 1.807) is 18.2 Å². The van der Waals surface area contributed by atoms with Crippen LogP contribution in [0.4, 0.5) is 21.6 Å². The number of fused-ring (bicyclic) bond motifs is 1. The van der Waals surface area contributed by atoms with Crippen molar-refractivity contribution < 1.29 is 18.7 Å². The summed E-state index contributed by atoms with van der Waals surface area (Å²) in [6, 6.07) is 7.89. The lowest BCUT2D eigenvalue weighted by atomic mass is 10.1. The number of likely N-dealkylation sites (N-methyl/N-ethyl adjacent to an activating group) is 1. The number of carbonyl (C=O) groups excluding carboxylic acids is 1. The highest BCUT2D eigenvalue weighted by atomic mass is 35.5. The number of carbonyl (C=O) groups is 1. The van der Waals surface area contributed by atoms with Gasteiger partial charge in [0.2, 0.25) is 5.91 Å². The average molecular weight is 528 g/mol. The molecule has 196 valence electrons. The Morgan fingerprint density at radius 3 is 2.84 bits per heavy atom. The Bertz CT molecular complexity index is 1260. The lowest BCUT2D eigenvalue weighted by Gasteiger charge is -2.17. The third-order valence-electron chi connectivity index (χ3n) is 6.20. The van der Waals surface area contributed by atoms with Gasteiger partial charge >= 0.3 is 0 Å². The van der Waals surface area contributed by atoms with E-state index < -0.39 is 5.82 Å². The smallest absolute Gasteiger partial charge is 0.248 e. The van der Waals surface area contributed by atoms with E-state index in [1.165, 1.54) is 24.5 Å². The van der Waals surface area contributed by atoms with Crippen LogP contribution in [0.3, 0.4) is 0 Å². The molecule has 0 radical (unpaired) electrons. The number of amides is 1. The number of halogens is 2. The second-order valence-corrected chi connectivity index (χ2v) is 9.17. The van der Waals surface area contributed by atoms with Crippen LogP contribution in [0, 0.1) is 11.7 Å². The highest BCUT2D eigenvalue weighted by Gasteiger charge is 2.19. The maximum atomic E-state index is 13.6. The molecular formula is C27H31ClFN5O3. The molecule has 1 fully saturated rings. The summed E-state index contributed by atoms with van der Waals surface area (Å²) in [6.45, 7) is 8.51. The molecule has 10 heteroatoms. The molecule has 2 heterocycles. The number of ether oxygens (including phenoxy) is 2. The SMILES string of the molecule is CCN(CC)C/C=C/C(=O)Nc1cc2c(Nc3ccc(F)c(Cl)c3)ncnc2cc1OCC1CCOC1. The number of hydrogen-bond donors (Lipinski definition) is 2. The Morgan fingerprint density at radius 2 is 2.11 bits per heavy atom. The van der Waals surface area contributed by atoms with Crippen LogP contribution in [-0.4, -0.2) is 60.2 Å². The van der Waals surface area contributed by atoms with Crippen LogP contribution in [0.2, 0.25) is 5.02 Å². The van der Waals surface area contributed by atoms with Gasteiger partial charge in [0.05, 0.1) is 29.4 Å². The lowest BCUT2D eigenvalue weighted by Crippen LogP contribution is -2.23. The molecule has 1 saturated heterocycles. The summed E-state index contributed by atoms with van der Waals surface area (Å²) in [4.78, 5) is 23.7. The van der Waals surface area contributed by atoms with Gasteiger partial charge < -0.3 is 25.0 Å². The van der Waals surface area contributed by atoms with E-state index in [0.29, 0.717) is 59.5 Å². The fraction of sp³-hybridized carbons (Fsp3) is 0.370. The molecule has 0 spiro atoms. The summed E-state index contributed by atoms with van der Waals surface area (Å²) in [6.07, 6.45) is 5.73. The largest absolute Gasteiger partial charge is 0.491 e. The van der Waals surface area contributed by atoms with E-state index in [4.69, 9.17) is 21.1 Å². The highest BCUT2D eigenvalue weighted by Crippen LogP contribution is 2.34. The third kappa shape index (κ3) is 7.15. The Balaban J connectivity index is 1.62. The zero-order valence-corrected chi connectivity index (χ0v) is 21.7. The van der Waals surface area contributed by atoms with Gasteiger partial charge in [0.1, 0.15) is 23.7 Å². The predicted molar refractivity (Wildman–Crippen MR) is 144 cm³/mol. The molecule has 8 nitrogen and oxygen atoms in total. The maximum Gasteiger partial charge on any atom is 0.248 e. The molecule has 2 N–H and O–H groups in total. The van der Waals surface area contributed by atoms with Crippen molar-refractivity contribution in [3.8, 4) is 5.75 Å². The summed E-state index contributed by atoms with van der Waals surface area (Å²) < 4.78 is 25.2. The average Bonchev–Trinajstić information content (AvgIpc) is 3.42. The van der Waals surface area contributed by atoms with Crippen molar-refractivity contribution in [2.45, 2.75) is 20.3 Å². The molecule has 1 atom stereocenters. The van der Waals surface area contributed by atoms with Gasteiger partial charge in [-0.2, -0.15) is 0 Å². The fourth-order valence-electron chi connectivity index (χ4n) is 4.00. The monoisotopic (exact) mass is 527 g/mol. The summed E-state index contributed by atoms with van der Waals surface area (Å²) in [5.41, 5.74) is 1.69. The quantitative estimate of drug-likeness (QED) is 0.322. The molecule has 4 rings (SSSR count). The van der Waals surface area contributed by atoms with Gasteiger partial charge in [-0.05, 0) is 43.8 Å². The normalized spacial score (nSPS) is 15.5. The van der Waals surface area contributed by atoms with Gasteiger partial charge in [-0.25, -0.2) is 14.4 Å². The molecule has 1 amide bonds. The van der Waals surface area contributed by atoms with E-state index in [1.807, 2.05) is 6.08 Å². The Morgan fingerprint density at radius 1 is 1.27 bits per heavy atom. The van der Waals surface area contributed by atoms with Gasteiger partial charge in [0.15, 0.2) is 0 Å². The lowest BCUT2D eigenvalue weighted by molar-refractivity contribution is -0.111. The summed E-state index contributed by atoms with van der Waals surface area (Å²) in [5, 5.41) is 6.75. The van der Waals surface area contributed by atoms with Gasteiger partial charge in [-0.15, -0.1) is 0 Å². The minimum Gasteiger partial charge on any atom is -0.491 e. The van der Waals surface area contributed by atoms with Crippen molar-refractivity contribution in [3.05, 3.63) is 59.7 Å². The summed E-state index contributed by atoms with van der Waals surface area (Å²) >= 11 is 5.94. The van der Waals surface area contributed by atoms with Crippen LogP contribution in [0.5, 0.6) is 5.75 Å². The van der Waals surface area contributed by atoms with E-state index >= 15 is 0 Å². The van der Waals surface area contributed by atoms with Crippen molar-refractivity contribution in [2.24, 2.45) is 5.92 Å². The summed E-state index contributed by atoms with van der Waals surface area (Å²) in [5.74, 6) is 0.514. The van der Waals surface area contributed by atoms with Crippen LogP contribution in [0.25, 0.3) is 10.9 Å². The Kier molecular flexibility index (Phi) is 9.27. The van der Waals surface area contributed by atoms with Crippen LogP contribution >= 0.6 is 11.6 Å². The van der Waals surface area contributed by atoms with Crippen LogP contribution in [0.15, 0.2) is 48.8 Å². The molecule has 0 bridgehead atoms. The summed E-state index contributed by atoms with van der Waals surface area (Å²) in [7, 11) is 0. The Labute approximate surface area is 220 Å². The molecule has 1 unspecified atom stereocenters. The molecule has 0 aliphatic carbocycles. The molecule has 37 heavy (non-hydrogen) atoms. The number of hydrogen-bond acceptors (Lipinski definition) is 7. The first kappa shape index (κ1) is 26.8. The van der Waals surface area contributed by atoms with Crippen molar-refractivity contribution in [1.82, 2.24) is 14.9 Å². The zero-order chi connectivity index (χ0) is 26.2. The molecule has 1 aliphatic heterocycles. The van der Waals surface area contributed by atoms with E-state index in [9.17, 15) is 9.18 Å². The first-order chi connectivity index (χ1) is 18.0. The standard InChI is InChI=1S/C27H31ClFN5O3/c1-3-34(4-2)10-5-6-26(35)33-24-13-20-23(14-25(24)37-16-18-9-11-36-15-18)30-17-31-27(20)32-19-7-8-22(29)21(28)12-19/h5-8,12-14,17-18H,3-4,9-11,15-16H2,1-2H3,(H,33,35)(H,30,31,32)/b6-5+. The molecule has 3 aromatic rings. The second kappa shape index (κ2) is 12.8. The van der Waals surface area contributed by atoms with Crippen molar-refractivity contribution in [1.29, 1.82) is 0 Å². The van der Waals surface area contributed by atoms with Crippen LogP contribution < -0.4 is 15.4 Å². The number of benzene rings is 2. The third-order valence-corrected chi connectivity index (χ3v) is 6.49. The van der Waals surface area contributed by atoms with Crippen LogP contribution in [0.1, 0.15) is 20.3 Å². The molecule has 1 aliphatic rings. The number of aromatic nitrogens is 2. The first-order valence-corrected chi connectivity index (χ1v) is 12.8. The van der Waals surface area contributed by atoms with Gasteiger partial charge in [-0.3, -0.25) is 4.79 Å². The number of nitrogens with one attached hydrogen (secondary N) is 2. The van der Waals surface area contributed by atoms with Gasteiger partial charge in [-0.1, -0.05) is 31.5 Å². The van der Waals surface area contributed by atoms with Gasteiger partial charge in [0, 0.05) is 42.3 Å². The van der Waals surface area contributed by atoms with E-state index in [2.05, 4.69) is 39.3 Å². The van der Waals surface area contributed by atoms with Crippen molar-refractivity contribution in [2.75, 3.05) is 50.1 Å². The topological polar surface area (TPSA) is 88.6 Å². The molecule has 2 aromatic carbocycles. The zero-order valence-electron chi connectivity index (χ0n) is 21.0. The highest BCUT2D eigenvalue weighted by molar-refractivity contribution is 6.31. The number of nitrogens with zero attached hydrogens (tertiary/aromatic N) is 3. The van der Waals surface area contributed by atoms with E-state index in [0.717, 1.165) is 26.1 Å². The van der Waals surface area contributed by atoms with Crippen molar-refractivity contribution in [3.63, 3.8) is 0 Å². The number of rotatable bonds is 11. The Hall–Kier alpha value is -3.27. The van der Waals surface area contributed by atoms with Gasteiger partial charge in [0.25, 0.3) is 0 Å². The van der Waals surface area contributed by atoms with Crippen LogP contribution in [-0.2, 0) is 9.53 Å². The minimum absolute atomic E-state index is 0.000563.